The van der Waals surface area contributed by atoms with Crippen LogP contribution >= 0.6 is 11.6 Å². The van der Waals surface area contributed by atoms with Crippen molar-refractivity contribution in [1.82, 2.24) is 0 Å². The van der Waals surface area contributed by atoms with Crippen molar-refractivity contribution in [1.29, 1.82) is 0 Å². The van der Waals surface area contributed by atoms with E-state index in [0.29, 0.717) is 12.0 Å². The fraction of sp³-hybridized carbons (Fsp3) is 0.353. The van der Waals surface area contributed by atoms with Crippen molar-refractivity contribution in [2.75, 3.05) is 6.61 Å². The first kappa shape index (κ1) is 18.9. The van der Waals surface area contributed by atoms with E-state index in [1.54, 1.807) is 31.2 Å². The molecule has 0 amide bonds. The molecule has 23 heavy (non-hydrogen) atoms. The van der Waals surface area contributed by atoms with Crippen LogP contribution in [0.5, 0.6) is 0 Å². The van der Waals surface area contributed by atoms with Gasteiger partial charge < -0.3 is 9.47 Å². The topological polar surface area (TPSA) is 69.7 Å². The minimum Gasteiger partial charge on any atom is -0.462 e. The zero-order valence-electron chi connectivity index (χ0n) is 12.9. The summed E-state index contributed by atoms with van der Waals surface area (Å²) < 4.78 is 9.58. The van der Waals surface area contributed by atoms with Crippen molar-refractivity contribution in [3.8, 4) is 0 Å². The van der Waals surface area contributed by atoms with Crippen LogP contribution in [0, 0.1) is 0 Å². The number of ether oxygens (including phenoxy) is 2. The highest BCUT2D eigenvalue weighted by molar-refractivity contribution is 6.30. The molecule has 0 saturated carbocycles. The first-order valence-corrected chi connectivity index (χ1v) is 7.59. The van der Waals surface area contributed by atoms with E-state index in [-0.39, 0.29) is 19.4 Å². The number of alkyl halides is 1. The molecule has 124 valence electrons. The minimum absolute atomic E-state index is 0.00636. The Morgan fingerprint density at radius 2 is 1.87 bits per heavy atom. The summed E-state index contributed by atoms with van der Waals surface area (Å²) in [4.78, 5) is 34.5. The van der Waals surface area contributed by atoms with Crippen LogP contribution in [0.4, 0.5) is 0 Å². The molecule has 0 N–H and O–H groups in total. The highest BCUT2D eigenvalue weighted by Gasteiger charge is 2.20. The van der Waals surface area contributed by atoms with Crippen molar-refractivity contribution in [2.24, 2.45) is 0 Å². The van der Waals surface area contributed by atoms with Crippen LogP contribution in [0.3, 0.4) is 0 Å². The molecule has 0 heterocycles. The summed E-state index contributed by atoms with van der Waals surface area (Å²) in [6.45, 7) is 5.12. The summed E-state index contributed by atoms with van der Waals surface area (Å²) in [6, 6.07) is 8.94. The Labute approximate surface area is 140 Å². The van der Waals surface area contributed by atoms with E-state index < -0.39 is 23.3 Å². The lowest BCUT2D eigenvalue weighted by molar-refractivity contribution is -0.158. The molecule has 1 rings (SSSR count). The fourth-order valence-corrected chi connectivity index (χ4v) is 1.84. The van der Waals surface area contributed by atoms with Crippen LogP contribution in [-0.4, -0.2) is 29.9 Å². The molecular weight excluding hydrogens is 320 g/mol. The highest BCUT2D eigenvalue weighted by atomic mass is 35.5. The van der Waals surface area contributed by atoms with E-state index in [1.807, 2.05) is 6.07 Å². The van der Waals surface area contributed by atoms with Gasteiger partial charge >= 0.3 is 17.9 Å². The van der Waals surface area contributed by atoms with Crippen LogP contribution in [-0.2, 0) is 30.3 Å². The SMILES string of the molecule is C=C(C)C(=O)OCCCC(Cl)C(=O)OC(=O)Cc1ccccc1. The molecule has 5 nitrogen and oxygen atoms in total. The van der Waals surface area contributed by atoms with Crippen LogP contribution in [0.15, 0.2) is 42.5 Å². The first-order chi connectivity index (χ1) is 10.9. The second-order valence-electron chi connectivity index (χ2n) is 4.98. The molecule has 1 unspecified atom stereocenters. The molecule has 1 aromatic carbocycles. The number of esters is 3. The Morgan fingerprint density at radius 3 is 2.48 bits per heavy atom. The average molecular weight is 339 g/mol. The zero-order valence-corrected chi connectivity index (χ0v) is 13.7. The van der Waals surface area contributed by atoms with Crippen molar-refractivity contribution in [3.05, 3.63) is 48.0 Å². The lowest BCUT2D eigenvalue weighted by atomic mass is 10.1. The van der Waals surface area contributed by atoms with Gasteiger partial charge in [-0.3, -0.25) is 4.79 Å². The number of carbonyl (C=O) groups is 3. The standard InChI is InChI=1S/C17H19ClO5/c1-12(2)16(20)22-10-6-9-14(18)17(21)23-15(19)11-13-7-4-3-5-8-13/h3-5,7-8,14H,1,6,9-11H2,2H3. The smallest absolute Gasteiger partial charge is 0.333 e. The summed E-state index contributed by atoms with van der Waals surface area (Å²) in [7, 11) is 0. The molecule has 0 spiro atoms. The van der Waals surface area contributed by atoms with Crippen LogP contribution < -0.4 is 0 Å². The maximum absolute atomic E-state index is 11.7. The predicted octanol–water partition coefficient (Wildman–Crippen LogP) is 2.81. The number of benzene rings is 1. The van der Waals surface area contributed by atoms with Crippen LogP contribution in [0.1, 0.15) is 25.3 Å². The van der Waals surface area contributed by atoms with Gasteiger partial charge in [-0.15, -0.1) is 11.6 Å². The summed E-state index contributed by atoms with van der Waals surface area (Å²) in [6.07, 6.45) is 0.629. The zero-order chi connectivity index (χ0) is 17.2. The molecule has 0 fully saturated rings. The molecule has 0 aliphatic carbocycles. The average Bonchev–Trinajstić information content (AvgIpc) is 2.51. The number of rotatable bonds is 8. The number of carbonyl (C=O) groups excluding carboxylic acids is 3. The third-order valence-corrected chi connectivity index (χ3v) is 3.24. The van der Waals surface area contributed by atoms with Gasteiger partial charge in [-0.2, -0.15) is 0 Å². The summed E-state index contributed by atoms with van der Waals surface area (Å²) in [5.41, 5.74) is 1.06. The second-order valence-corrected chi connectivity index (χ2v) is 5.51. The van der Waals surface area contributed by atoms with Crippen molar-refractivity contribution < 1.29 is 23.9 Å². The first-order valence-electron chi connectivity index (χ1n) is 7.15. The summed E-state index contributed by atoms with van der Waals surface area (Å²) in [5, 5.41) is -0.960. The third-order valence-electron chi connectivity index (χ3n) is 2.84. The monoisotopic (exact) mass is 338 g/mol. The molecule has 1 atom stereocenters. The molecule has 0 aliphatic heterocycles. The Balaban J connectivity index is 2.27. The molecule has 0 aliphatic rings. The van der Waals surface area contributed by atoms with Crippen molar-refractivity contribution >= 4 is 29.5 Å². The predicted molar refractivity (Wildman–Crippen MR) is 85.9 cm³/mol. The van der Waals surface area contributed by atoms with Gasteiger partial charge in [-0.1, -0.05) is 36.9 Å². The normalized spacial score (nSPS) is 11.4. The highest BCUT2D eigenvalue weighted by Crippen LogP contribution is 2.10. The van der Waals surface area contributed by atoms with Gasteiger partial charge in [0.2, 0.25) is 0 Å². The van der Waals surface area contributed by atoms with E-state index in [9.17, 15) is 14.4 Å². The lowest BCUT2D eigenvalue weighted by Crippen LogP contribution is -2.23. The third kappa shape index (κ3) is 7.61. The van der Waals surface area contributed by atoms with Gasteiger partial charge in [0.1, 0.15) is 5.38 Å². The Bertz CT molecular complexity index is 568. The largest absolute Gasteiger partial charge is 0.462 e. The minimum atomic E-state index is -0.960. The summed E-state index contributed by atoms with van der Waals surface area (Å²) in [5.74, 6) is -1.93. The van der Waals surface area contributed by atoms with Gasteiger partial charge in [-0.25, -0.2) is 9.59 Å². The second kappa shape index (κ2) is 9.79. The number of halogens is 1. The summed E-state index contributed by atoms with van der Waals surface area (Å²) >= 11 is 5.87. The van der Waals surface area contributed by atoms with Crippen molar-refractivity contribution in [3.63, 3.8) is 0 Å². The van der Waals surface area contributed by atoms with E-state index in [1.165, 1.54) is 0 Å². The van der Waals surface area contributed by atoms with E-state index in [0.717, 1.165) is 5.56 Å². The number of hydrogen-bond donors (Lipinski definition) is 0. The Kier molecular flexibility index (Phi) is 8.05. The van der Waals surface area contributed by atoms with Gasteiger partial charge in [-0.05, 0) is 25.3 Å². The van der Waals surface area contributed by atoms with Gasteiger partial charge in [0, 0.05) is 5.57 Å². The van der Waals surface area contributed by atoms with Crippen molar-refractivity contribution in [2.45, 2.75) is 31.6 Å². The van der Waals surface area contributed by atoms with E-state index >= 15 is 0 Å². The number of hydrogen-bond acceptors (Lipinski definition) is 5. The quantitative estimate of drug-likeness (QED) is 0.240. The van der Waals surface area contributed by atoms with Crippen LogP contribution in [0.25, 0.3) is 0 Å². The van der Waals surface area contributed by atoms with Gasteiger partial charge in [0.05, 0.1) is 13.0 Å². The Hall–Kier alpha value is -2.14. The molecule has 0 aromatic heterocycles. The molecular formula is C17H19ClO5. The maximum Gasteiger partial charge on any atom is 0.333 e. The van der Waals surface area contributed by atoms with E-state index in [2.05, 4.69) is 6.58 Å². The van der Waals surface area contributed by atoms with Gasteiger partial charge in [0.25, 0.3) is 0 Å². The molecule has 0 saturated heterocycles. The molecule has 1 aromatic rings. The molecule has 6 heteroatoms. The fourth-order valence-electron chi connectivity index (χ4n) is 1.64. The lowest BCUT2D eigenvalue weighted by Gasteiger charge is -2.09. The Morgan fingerprint density at radius 1 is 1.22 bits per heavy atom. The van der Waals surface area contributed by atoms with Crippen LogP contribution in [0.2, 0.25) is 0 Å². The van der Waals surface area contributed by atoms with E-state index in [4.69, 9.17) is 21.1 Å². The maximum atomic E-state index is 11.7. The molecule has 0 bridgehead atoms. The van der Waals surface area contributed by atoms with Gasteiger partial charge in [0.15, 0.2) is 0 Å². The molecule has 0 radical (unpaired) electrons.